The van der Waals surface area contributed by atoms with Gasteiger partial charge < -0.3 is 15.4 Å². The van der Waals surface area contributed by atoms with Crippen LogP contribution in [0.1, 0.15) is 29.8 Å². The normalized spacial score (nSPS) is 11.3. The highest BCUT2D eigenvalue weighted by molar-refractivity contribution is 6.11. The molecule has 0 spiro atoms. The molecule has 0 aliphatic rings. The number of hydrogen-bond acceptors (Lipinski definition) is 3. The van der Waals surface area contributed by atoms with E-state index in [0.29, 0.717) is 11.3 Å². The van der Waals surface area contributed by atoms with Crippen molar-refractivity contribution in [2.24, 2.45) is 0 Å². The van der Waals surface area contributed by atoms with Gasteiger partial charge in [-0.05, 0) is 72.7 Å². The van der Waals surface area contributed by atoms with E-state index in [0.717, 1.165) is 22.1 Å². The molecule has 0 fully saturated rings. The second-order valence-electron chi connectivity index (χ2n) is 8.13. The smallest absolute Gasteiger partial charge is 0.272 e. The van der Waals surface area contributed by atoms with Crippen LogP contribution in [0.4, 0.5) is 5.69 Å². The summed E-state index contributed by atoms with van der Waals surface area (Å²) in [5.41, 5.74) is 2.00. The van der Waals surface area contributed by atoms with Crippen LogP contribution >= 0.6 is 0 Å². The van der Waals surface area contributed by atoms with Crippen molar-refractivity contribution in [1.82, 2.24) is 5.32 Å². The molecule has 0 radical (unpaired) electrons. The second kappa shape index (κ2) is 10.5. The lowest BCUT2D eigenvalue weighted by Gasteiger charge is -2.13. The summed E-state index contributed by atoms with van der Waals surface area (Å²) in [4.78, 5) is 26.0. The van der Waals surface area contributed by atoms with E-state index in [-0.39, 0.29) is 17.7 Å². The first-order chi connectivity index (χ1) is 16.5. The molecule has 5 nitrogen and oxygen atoms in total. The van der Waals surface area contributed by atoms with Crippen molar-refractivity contribution < 1.29 is 14.3 Å². The predicted molar refractivity (Wildman–Crippen MR) is 137 cm³/mol. The number of fused-ring (bicyclic) bond motifs is 1. The number of anilines is 1. The maximum Gasteiger partial charge on any atom is 0.272 e. The quantitative estimate of drug-likeness (QED) is 0.338. The van der Waals surface area contributed by atoms with Gasteiger partial charge in [-0.25, -0.2) is 0 Å². The Kier molecular flexibility index (Phi) is 7.04. The van der Waals surface area contributed by atoms with Crippen LogP contribution in [0.2, 0.25) is 0 Å². The summed E-state index contributed by atoms with van der Waals surface area (Å²) in [7, 11) is 0. The molecule has 170 valence electrons. The molecule has 0 saturated heterocycles. The minimum atomic E-state index is -0.415. The number of ether oxygens (including phenoxy) is 1. The molecule has 0 bridgehead atoms. The standard InChI is InChI=1S/C29H26N2O3/c1-20(2)34-26-16-12-21(13-17-26)18-27(31-28(32)23-9-4-3-5-10-23)29(33)30-25-15-14-22-8-6-7-11-24(22)19-25/h3-20H,1-2H3,(H,30,33)(H,31,32). The first-order valence-electron chi connectivity index (χ1n) is 11.1. The van der Waals surface area contributed by atoms with E-state index in [2.05, 4.69) is 10.6 Å². The van der Waals surface area contributed by atoms with Crippen molar-refractivity contribution in [3.8, 4) is 5.75 Å². The minimum Gasteiger partial charge on any atom is -0.491 e. The molecule has 4 aromatic carbocycles. The lowest BCUT2D eigenvalue weighted by atomic mass is 10.1. The topological polar surface area (TPSA) is 67.4 Å². The number of amides is 2. The van der Waals surface area contributed by atoms with Crippen LogP contribution in [-0.4, -0.2) is 17.9 Å². The first-order valence-corrected chi connectivity index (χ1v) is 11.1. The average molecular weight is 451 g/mol. The van der Waals surface area contributed by atoms with Crippen LogP contribution in [0.15, 0.2) is 103 Å². The van der Waals surface area contributed by atoms with Gasteiger partial charge in [0.05, 0.1) is 6.10 Å². The van der Waals surface area contributed by atoms with Gasteiger partial charge in [0, 0.05) is 11.3 Å². The fourth-order valence-corrected chi connectivity index (χ4v) is 3.49. The third kappa shape index (κ3) is 5.90. The lowest BCUT2D eigenvalue weighted by molar-refractivity contribution is -0.113. The molecule has 0 atom stereocenters. The zero-order chi connectivity index (χ0) is 23.9. The molecule has 0 unspecified atom stereocenters. The van der Waals surface area contributed by atoms with Gasteiger partial charge in [-0.3, -0.25) is 9.59 Å². The molecule has 4 aromatic rings. The van der Waals surface area contributed by atoms with E-state index in [1.807, 2.05) is 86.6 Å². The van der Waals surface area contributed by atoms with Crippen LogP contribution in [0.25, 0.3) is 16.8 Å². The van der Waals surface area contributed by atoms with Crippen LogP contribution in [0.5, 0.6) is 5.75 Å². The number of carbonyl (C=O) groups excluding carboxylic acids is 2. The van der Waals surface area contributed by atoms with Crippen molar-refractivity contribution >= 4 is 34.4 Å². The number of benzene rings is 4. The largest absolute Gasteiger partial charge is 0.491 e. The van der Waals surface area contributed by atoms with Crippen LogP contribution in [0, 0.1) is 0 Å². The Balaban J connectivity index is 1.60. The van der Waals surface area contributed by atoms with Crippen molar-refractivity contribution in [3.63, 3.8) is 0 Å². The van der Waals surface area contributed by atoms with Crippen LogP contribution in [-0.2, 0) is 4.79 Å². The van der Waals surface area contributed by atoms with E-state index >= 15 is 0 Å². The summed E-state index contributed by atoms with van der Waals surface area (Å²) in [6.45, 7) is 3.92. The number of nitrogens with one attached hydrogen (secondary N) is 2. The summed E-state index contributed by atoms with van der Waals surface area (Å²) < 4.78 is 5.69. The van der Waals surface area contributed by atoms with Crippen molar-refractivity contribution in [2.45, 2.75) is 20.0 Å². The summed E-state index contributed by atoms with van der Waals surface area (Å²) in [6, 6.07) is 29.8. The third-order valence-corrected chi connectivity index (χ3v) is 5.10. The van der Waals surface area contributed by atoms with Gasteiger partial charge in [-0.2, -0.15) is 0 Å². The fraction of sp³-hybridized carbons (Fsp3) is 0.103. The summed E-state index contributed by atoms with van der Waals surface area (Å²) >= 11 is 0. The van der Waals surface area contributed by atoms with Gasteiger partial charge in [-0.15, -0.1) is 0 Å². The number of hydrogen-bond donors (Lipinski definition) is 2. The Bertz CT molecular complexity index is 1330. The highest BCUT2D eigenvalue weighted by atomic mass is 16.5. The van der Waals surface area contributed by atoms with E-state index in [4.69, 9.17) is 4.74 Å². The zero-order valence-electron chi connectivity index (χ0n) is 19.1. The first kappa shape index (κ1) is 22.8. The molecule has 5 heteroatoms. The monoisotopic (exact) mass is 450 g/mol. The molecular weight excluding hydrogens is 424 g/mol. The Morgan fingerprint density at radius 3 is 2.18 bits per heavy atom. The minimum absolute atomic E-state index is 0.0647. The van der Waals surface area contributed by atoms with Crippen molar-refractivity contribution in [1.29, 1.82) is 0 Å². The van der Waals surface area contributed by atoms with Gasteiger partial charge in [0.1, 0.15) is 11.4 Å². The molecule has 2 amide bonds. The van der Waals surface area contributed by atoms with E-state index in [9.17, 15) is 9.59 Å². The summed E-state index contributed by atoms with van der Waals surface area (Å²) in [6.07, 6.45) is 1.71. The number of carbonyl (C=O) groups is 2. The lowest BCUT2D eigenvalue weighted by Crippen LogP contribution is -2.30. The van der Waals surface area contributed by atoms with Crippen molar-refractivity contribution in [2.75, 3.05) is 5.32 Å². The molecule has 34 heavy (non-hydrogen) atoms. The zero-order valence-corrected chi connectivity index (χ0v) is 19.1. The molecule has 0 saturated carbocycles. The van der Waals surface area contributed by atoms with Gasteiger partial charge in [0.2, 0.25) is 0 Å². The Morgan fingerprint density at radius 2 is 1.47 bits per heavy atom. The van der Waals surface area contributed by atoms with Crippen LogP contribution in [0.3, 0.4) is 0 Å². The highest BCUT2D eigenvalue weighted by Crippen LogP contribution is 2.20. The number of rotatable bonds is 7. The van der Waals surface area contributed by atoms with Crippen molar-refractivity contribution in [3.05, 3.63) is 114 Å². The summed E-state index contributed by atoms with van der Waals surface area (Å²) in [5, 5.41) is 7.76. The Labute approximate surface area is 199 Å². The molecule has 0 aromatic heterocycles. The Hall–Kier alpha value is -4.38. The maximum absolute atomic E-state index is 13.2. The highest BCUT2D eigenvalue weighted by Gasteiger charge is 2.15. The fourth-order valence-electron chi connectivity index (χ4n) is 3.49. The second-order valence-corrected chi connectivity index (χ2v) is 8.13. The molecular formula is C29H26N2O3. The molecule has 2 N–H and O–H groups in total. The van der Waals surface area contributed by atoms with E-state index in [1.54, 1.807) is 30.3 Å². The van der Waals surface area contributed by atoms with Crippen LogP contribution < -0.4 is 15.4 Å². The molecule has 4 rings (SSSR count). The molecule has 0 aliphatic carbocycles. The van der Waals surface area contributed by atoms with Gasteiger partial charge in [0.25, 0.3) is 11.8 Å². The van der Waals surface area contributed by atoms with E-state index in [1.165, 1.54) is 0 Å². The summed E-state index contributed by atoms with van der Waals surface area (Å²) in [5.74, 6) is -0.0371. The predicted octanol–water partition coefficient (Wildman–Crippen LogP) is 6.04. The van der Waals surface area contributed by atoms with Gasteiger partial charge >= 0.3 is 0 Å². The maximum atomic E-state index is 13.2. The van der Waals surface area contributed by atoms with E-state index < -0.39 is 5.91 Å². The molecule has 0 aliphatic heterocycles. The third-order valence-electron chi connectivity index (χ3n) is 5.10. The average Bonchev–Trinajstić information content (AvgIpc) is 2.85. The Morgan fingerprint density at radius 1 is 0.794 bits per heavy atom. The SMILES string of the molecule is CC(C)Oc1ccc(C=C(NC(=O)c2ccccc2)C(=O)Nc2ccc3ccccc3c2)cc1. The molecule has 0 heterocycles. The van der Waals surface area contributed by atoms with Gasteiger partial charge in [0.15, 0.2) is 0 Å². The van der Waals surface area contributed by atoms with Gasteiger partial charge in [-0.1, -0.05) is 60.7 Å².